The zero-order chi connectivity index (χ0) is 16.2. The Balaban J connectivity index is 1.59. The summed E-state index contributed by atoms with van der Waals surface area (Å²) in [5.74, 6) is -0.480. The molecular formula is C14H13N5O4. The molecule has 0 aliphatic rings. The number of H-pyrrole nitrogens is 1. The molecule has 1 aromatic carbocycles. The molecule has 0 bridgehead atoms. The number of imidazole rings is 1. The van der Waals surface area contributed by atoms with Gasteiger partial charge in [-0.15, -0.1) is 0 Å². The third-order valence-corrected chi connectivity index (χ3v) is 2.95. The summed E-state index contributed by atoms with van der Waals surface area (Å²) in [5.41, 5.74) is 5.79. The van der Waals surface area contributed by atoms with Crippen molar-refractivity contribution in [1.82, 2.24) is 19.7 Å². The molecule has 3 aromatic rings. The van der Waals surface area contributed by atoms with E-state index in [4.69, 9.17) is 15.3 Å². The molecule has 9 heteroatoms. The van der Waals surface area contributed by atoms with Crippen LogP contribution in [-0.2, 0) is 4.74 Å². The van der Waals surface area contributed by atoms with E-state index < -0.39 is 11.5 Å². The molecule has 3 rings (SSSR count). The van der Waals surface area contributed by atoms with Gasteiger partial charge in [-0.3, -0.25) is 9.78 Å². The average molecular weight is 315 g/mol. The van der Waals surface area contributed by atoms with Gasteiger partial charge in [0.15, 0.2) is 5.52 Å². The van der Waals surface area contributed by atoms with Crippen molar-refractivity contribution < 1.29 is 14.4 Å². The fourth-order valence-electron chi connectivity index (χ4n) is 1.93. The Labute approximate surface area is 129 Å². The van der Waals surface area contributed by atoms with E-state index in [0.29, 0.717) is 5.56 Å². The lowest BCUT2D eigenvalue weighted by molar-refractivity contribution is 0.0296. The number of nitrogens with two attached hydrogens (primary N) is 1. The summed E-state index contributed by atoms with van der Waals surface area (Å²) in [5, 5.41) is 0. The van der Waals surface area contributed by atoms with Gasteiger partial charge in [-0.2, -0.15) is 9.71 Å². The third-order valence-electron chi connectivity index (χ3n) is 2.95. The molecule has 0 aliphatic heterocycles. The first-order valence-electron chi connectivity index (χ1n) is 6.73. The molecule has 0 spiro atoms. The number of benzene rings is 1. The van der Waals surface area contributed by atoms with Crippen LogP contribution in [0.2, 0.25) is 0 Å². The Morgan fingerprint density at radius 2 is 2.04 bits per heavy atom. The Kier molecular flexibility index (Phi) is 3.91. The average Bonchev–Trinajstić information content (AvgIpc) is 2.95. The molecule has 0 radical (unpaired) electrons. The van der Waals surface area contributed by atoms with E-state index in [1.807, 2.05) is 6.07 Å². The number of anilines is 1. The minimum Gasteiger partial charge on any atom is -0.458 e. The van der Waals surface area contributed by atoms with Crippen LogP contribution in [-0.4, -0.2) is 38.9 Å². The number of aromatic amines is 1. The summed E-state index contributed by atoms with van der Waals surface area (Å²) in [4.78, 5) is 38.9. The van der Waals surface area contributed by atoms with Crippen LogP contribution < -0.4 is 16.1 Å². The maximum atomic E-state index is 11.7. The first-order valence-corrected chi connectivity index (χ1v) is 6.73. The summed E-state index contributed by atoms with van der Waals surface area (Å²) in [6.07, 6.45) is 1.30. The summed E-state index contributed by atoms with van der Waals surface area (Å²) in [6, 6.07) is 8.62. The van der Waals surface area contributed by atoms with E-state index in [2.05, 4.69) is 15.0 Å². The van der Waals surface area contributed by atoms with Crippen LogP contribution in [0.4, 0.5) is 5.95 Å². The van der Waals surface area contributed by atoms with Gasteiger partial charge in [0.25, 0.3) is 5.56 Å². The van der Waals surface area contributed by atoms with E-state index in [0.717, 1.165) is 0 Å². The van der Waals surface area contributed by atoms with Crippen molar-refractivity contribution in [2.24, 2.45) is 0 Å². The Morgan fingerprint density at radius 1 is 1.26 bits per heavy atom. The van der Waals surface area contributed by atoms with Gasteiger partial charge in [-0.05, 0) is 12.1 Å². The number of nitrogen functional groups attached to an aromatic ring is 1. The van der Waals surface area contributed by atoms with Crippen molar-refractivity contribution in [1.29, 1.82) is 0 Å². The van der Waals surface area contributed by atoms with Gasteiger partial charge in [0.05, 0.1) is 5.56 Å². The van der Waals surface area contributed by atoms with Crippen LogP contribution in [0, 0.1) is 0 Å². The maximum Gasteiger partial charge on any atom is 0.338 e. The van der Waals surface area contributed by atoms with Gasteiger partial charge < -0.3 is 15.3 Å². The van der Waals surface area contributed by atoms with E-state index >= 15 is 0 Å². The molecule has 2 heterocycles. The molecule has 118 valence electrons. The topological polar surface area (TPSA) is 125 Å². The molecule has 3 N–H and O–H groups in total. The van der Waals surface area contributed by atoms with E-state index in [1.165, 1.54) is 11.1 Å². The standard InChI is InChI=1S/C14H13N5O4/c15-14-17-11-10(12(20)18-14)16-8-19(11)23-7-6-22-13(21)9-4-2-1-3-5-9/h1-5,8H,6-7H2,(H3,15,17,18,20). The van der Waals surface area contributed by atoms with Gasteiger partial charge in [0.2, 0.25) is 11.6 Å². The summed E-state index contributed by atoms with van der Waals surface area (Å²) in [6.45, 7) is 0.102. The molecule has 0 fully saturated rings. The number of esters is 1. The van der Waals surface area contributed by atoms with Crippen molar-refractivity contribution in [3.63, 3.8) is 0 Å². The molecule has 0 unspecified atom stereocenters. The molecular weight excluding hydrogens is 302 g/mol. The lowest BCUT2D eigenvalue weighted by Crippen LogP contribution is -2.19. The normalized spacial score (nSPS) is 10.6. The first kappa shape index (κ1) is 14.6. The fourth-order valence-corrected chi connectivity index (χ4v) is 1.93. The highest BCUT2D eigenvalue weighted by Crippen LogP contribution is 2.04. The Bertz CT molecular complexity index is 887. The molecule has 0 amide bonds. The smallest absolute Gasteiger partial charge is 0.338 e. The van der Waals surface area contributed by atoms with Gasteiger partial charge in [0, 0.05) is 0 Å². The number of aromatic nitrogens is 4. The second kappa shape index (κ2) is 6.18. The van der Waals surface area contributed by atoms with E-state index in [-0.39, 0.29) is 30.3 Å². The van der Waals surface area contributed by atoms with E-state index in [9.17, 15) is 9.59 Å². The lowest BCUT2D eigenvalue weighted by atomic mass is 10.2. The molecule has 0 saturated heterocycles. The molecule has 0 atom stereocenters. The molecule has 0 aliphatic carbocycles. The van der Waals surface area contributed by atoms with Gasteiger partial charge in [0.1, 0.15) is 19.5 Å². The SMILES string of the molecule is Nc1nc2c(ncn2OCCOC(=O)c2ccccc2)c(=O)[nH]1. The van der Waals surface area contributed by atoms with Gasteiger partial charge >= 0.3 is 5.97 Å². The maximum absolute atomic E-state index is 11.7. The number of hydrogen-bond acceptors (Lipinski definition) is 7. The number of ether oxygens (including phenoxy) is 1. The minimum absolute atomic E-state index is 0.0338. The predicted octanol–water partition coefficient (Wildman–Crippen LogP) is -0.0126. The van der Waals surface area contributed by atoms with Crippen molar-refractivity contribution in [3.8, 4) is 0 Å². The minimum atomic E-state index is -0.453. The van der Waals surface area contributed by atoms with Crippen molar-refractivity contribution in [2.75, 3.05) is 18.9 Å². The fraction of sp³-hybridized carbons (Fsp3) is 0.143. The number of carbonyl (C=O) groups excluding carboxylic acids is 1. The zero-order valence-electron chi connectivity index (χ0n) is 11.9. The predicted molar refractivity (Wildman–Crippen MR) is 80.7 cm³/mol. The van der Waals surface area contributed by atoms with Gasteiger partial charge in [-0.25, -0.2) is 9.78 Å². The van der Waals surface area contributed by atoms with Crippen LogP contribution >= 0.6 is 0 Å². The lowest BCUT2D eigenvalue weighted by Gasteiger charge is -2.07. The molecule has 9 nitrogen and oxygen atoms in total. The second-order valence-electron chi connectivity index (χ2n) is 4.53. The van der Waals surface area contributed by atoms with Gasteiger partial charge in [-0.1, -0.05) is 18.2 Å². The molecule has 0 saturated carbocycles. The number of nitrogens with one attached hydrogen (secondary N) is 1. The van der Waals surface area contributed by atoms with Crippen LogP contribution in [0.15, 0.2) is 41.5 Å². The Hall–Kier alpha value is -3.36. The Morgan fingerprint density at radius 3 is 2.83 bits per heavy atom. The number of rotatable bonds is 5. The number of nitrogens with zero attached hydrogens (tertiary/aromatic N) is 3. The number of carbonyl (C=O) groups is 1. The quantitative estimate of drug-likeness (QED) is 0.501. The molecule has 23 heavy (non-hydrogen) atoms. The molecule has 2 aromatic heterocycles. The van der Waals surface area contributed by atoms with Crippen molar-refractivity contribution in [3.05, 3.63) is 52.6 Å². The highest BCUT2D eigenvalue weighted by molar-refractivity contribution is 5.89. The summed E-state index contributed by atoms with van der Waals surface area (Å²) in [7, 11) is 0. The van der Waals surface area contributed by atoms with Crippen LogP contribution in [0.3, 0.4) is 0 Å². The summed E-state index contributed by atoms with van der Waals surface area (Å²) < 4.78 is 6.28. The first-order chi connectivity index (χ1) is 11.1. The van der Waals surface area contributed by atoms with Crippen LogP contribution in [0.25, 0.3) is 11.2 Å². The van der Waals surface area contributed by atoms with Crippen LogP contribution in [0.1, 0.15) is 10.4 Å². The van der Waals surface area contributed by atoms with E-state index in [1.54, 1.807) is 24.3 Å². The van der Waals surface area contributed by atoms with Crippen LogP contribution in [0.5, 0.6) is 0 Å². The zero-order valence-corrected chi connectivity index (χ0v) is 11.9. The number of hydrogen-bond donors (Lipinski definition) is 2. The third kappa shape index (κ3) is 3.12. The highest BCUT2D eigenvalue weighted by Gasteiger charge is 2.10. The van der Waals surface area contributed by atoms with Crippen molar-refractivity contribution in [2.45, 2.75) is 0 Å². The monoisotopic (exact) mass is 315 g/mol. The number of fused-ring (bicyclic) bond motifs is 1. The highest BCUT2D eigenvalue weighted by atomic mass is 16.7. The summed E-state index contributed by atoms with van der Waals surface area (Å²) >= 11 is 0. The largest absolute Gasteiger partial charge is 0.458 e. The second-order valence-corrected chi connectivity index (χ2v) is 4.53. The van der Waals surface area contributed by atoms with Crippen molar-refractivity contribution >= 4 is 23.1 Å².